The number of aryl methyl sites for hydroxylation is 1. The zero-order valence-electron chi connectivity index (χ0n) is 10.8. The number of nitrogens with zero attached hydrogens (tertiary/aromatic N) is 1. The molecule has 0 aliphatic carbocycles. The van der Waals surface area contributed by atoms with Crippen molar-refractivity contribution in [3.8, 4) is 0 Å². The largest absolute Gasteiger partial charge is 0.394 e. The number of H-pyrrole nitrogens is 1. The van der Waals surface area contributed by atoms with Gasteiger partial charge in [-0.3, -0.25) is 4.79 Å². The van der Waals surface area contributed by atoms with Crippen molar-refractivity contribution in [2.24, 2.45) is 0 Å². The van der Waals surface area contributed by atoms with Gasteiger partial charge in [0.1, 0.15) is 5.03 Å². The van der Waals surface area contributed by atoms with Crippen molar-refractivity contribution in [1.29, 1.82) is 0 Å². The fourth-order valence-electron chi connectivity index (χ4n) is 1.38. The second-order valence-corrected chi connectivity index (χ2v) is 5.34. The van der Waals surface area contributed by atoms with E-state index in [4.69, 9.17) is 5.11 Å². The molecule has 1 aromatic rings. The predicted molar refractivity (Wildman–Crippen MR) is 70.0 cm³/mol. The maximum atomic E-state index is 12.1. The molecule has 0 bridgehead atoms. The number of aromatic nitrogens is 2. The lowest BCUT2D eigenvalue weighted by molar-refractivity contribution is 0.0864. The molecule has 1 rings (SSSR count). The third-order valence-electron chi connectivity index (χ3n) is 2.35. The molecule has 6 nitrogen and oxygen atoms in total. The molecule has 3 N–H and O–H groups in total. The van der Waals surface area contributed by atoms with Gasteiger partial charge in [0.2, 0.25) is 0 Å². The van der Waals surface area contributed by atoms with Crippen LogP contribution in [0.1, 0.15) is 29.9 Å². The highest BCUT2D eigenvalue weighted by atomic mass is 32.2. The average Bonchev–Trinajstić information content (AvgIpc) is 2.26. The highest BCUT2D eigenvalue weighted by molar-refractivity contribution is 7.98. The lowest BCUT2D eigenvalue weighted by Crippen LogP contribution is -2.46. The average molecular weight is 271 g/mol. The lowest BCUT2D eigenvalue weighted by Gasteiger charge is -2.24. The molecular formula is C11H17N3O3S. The van der Waals surface area contributed by atoms with E-state index < -0.39 is 11.2 Å². The van der Waals surface area contributed by atoms with E-state index in [-0.39, 0.29) is 12.5 Å². The van der Waals surface area contributed by atoms with Crippen LogP contribution in [0.15, 0.2) is 9.82 Å². The fraction of sp³-hybridized carbons (Fsp3) is 0.545. The molecule has 0 saturated heterocycles. The van der Waals surface area contributed by atoms with E-state index in [1.807, 2.05) is 0 Å². The topological polar surface area (TPSA) is 95.1 Å². The Morgan fingerprint density at radius 2 is 2.17 bits per heavy atom. The maximum absolute atomic E-state index is 12.1. The predicted octanol–water partition coefficient (Wildman–Crippen LogP) is 0.301. The van der Waals surface area contributed by atoms with Gasteiger partial charge in [0.15, 0.2) is 0 Å². The van der Waals surface area contributed by atoms with Gasteiger partial charge in [-0.1, -0.05) is 0 Å². The van der Waals surface area contributed by atoms with Crippen LogP contribution in [-0.4, -0.2) is 39.4 Å². The Bertz CT molecular complexity index is 511. The van der Waals surface area contributed by atoms with Crippen LogP contribution >= 0.6 is 11.8 Å². The van der Waals surface area contributed by atoms with E-state index in [2.05, 4.69) is 15.3 Å². The van der Waals surface area contributed by atoms with E-state index in [1.54, 1.807) is 27.0 Å². The van der Waals surface area contributed by atoms with E-state index in [0.29, 0.717) is 16.3 Å². The zero-order chi connectivity index (χ0) is 13.9. The van der Waals surface area contributed by atoms with Crippen molar-refractivity contribution in [3.63, 3.8) is 0 Å². The van der Waals surface area contributed by atoms with Gasteiger partial charge in [-0.05, 0) is 27.0 Å². The molecule has 0 aliphatic heterocycles. The van der Waals surface area contributed by atoms with E-state index in [0.717, 1.165) is 0 Å². The number of carbonyl (C=O) groups excluding carboxylic acids is 1. The molecule has 0 radical (unpaired) electrons. The minimum absolute atomic E-state index is 0.177. The standard InChI is InChI=1S/C11H17N3O3S/c1-6-7(8(16)14-11(2,3)5-15)9(18-4)13-10(17)12-6/h15H,5H2,1-4H3,(H,14,16)(H,12,13,17). The van der Waals surface area contributed by atoms with Crippen LogP contribution in [0.4, 0.5) is 0 Å². The molecular weight excluding hydrogens is 254 g/mol. The summed E-state index contributed by atoms with van der Waals surface area (Å²) in [5, 5.41) is 12.2. The molecule has 0 fully saturated rings. The van der Waals surface area contributed by atoms with Gasteiger partial charge in [0, 0.05) is 5.69 Å². The van der Waals surface area contributed by atoms with Crippen LogP contribution in [0.5, 0.6) is 0 Å². The van der Waals surface area contributed by atoms with Crippen LogP contribution in [0.25, 0.3) is 0 Å². The van der Waals surface area contributed by atoms with Crippen LogP contribution in [0, 0.1) is 6.92 Å². The number of rotatable bonds is 4. The molecule has 18 heavy (non-hydrogen) atoms. The first-order valence-electron chi connectivity index (χ1n) is 5.39. The second kappa shape index (κ2) is 5.53. The fourth-order valence-corrected chi connectivity index (χ4v) is 2.01. The van der Waals surface area contributed by atoms with Gasteiger partial charge in [0.25, 0.3) is 5.91 Å². The highest BCUT2D eigenvalue weighted by Crippen LogP contribution is 2.18. The normalized spacial score (nSPS) is 11.4. The van der Waals surface area contributed by atoms with Gasteiger partial charge in [-0.2, -0.15) is 4.98 Å². The Balaban J connectivity index is 3.17. The van der Waals surface area contributed by atoms with Crippen molar-refractivity contribution in [2.45, 2.75) is 31.3 Å². The maximum Gasteiger partial charge on any atom is 0.346 e. The summed E-state index contributed by atoms with van der Waals surface area (Å²) in [4.78, 5) is 29.6. The number of nitrogens with one attached hydrogen (secondary N) is 2. The Morgan fingerprint density at radius 1 is 1.56 bits per heavy atom. The smallest absolute Gasteiger partial charge is 0.346 e. The molecule has 100 valence electrons. The number of hydrogen-bond donors (Lipinski definition) is 3. The number of carbonyl (C=O) groups is 1. The first-order valence-corrected chi connectivity index (χ1v) is 6.61. The van der Waals surface area contributed by atoms with Crippen molar-refractivity contribution in [3.05, 3.63) is 21.7 Å². The number of aliphatic hydroxyl groups is 1. The summed E-state index contributed by atoms with van der Waals surface area (Å²) in [6.07, 6.45) is 1.75. The summed E-state index contributed by atoms with van der Waals surface area (Å²) in [6, 6.07) is 0. The molecule has 0 saturated carbocycles. The Hall–Kier alpha value is -1.34. The molecule has 0 aromatic carbocycles. The summed E-state index contributed by atoms with van der Waals surface area (Å²) in [7, 11) is 0. The third-order valence-corrected chi connectivity index (χ3v) is 3.04. The molecule has 1 heterocycles. The molecule has 7 heteroatoms. The van der Waals surface area contributed by atoms with E-state index in [9.17, 15) is 9.59 Å². The monoisotopic (exact) mass is 271 g/mol. The van der Waals surface area contributed by atoms with Crippen LogP contribution in [0.2, 0.25) is 0 Å². The molecule has 1 aromatic heterocycles. The Labute approximate surface area is 109 Å². The van der Waals surface area contributed by atoms with Crippen LogP contribution in [0.3, 0.4) is 0 Å². The zero-order valence-corrected chi connectivity index (χ0v) is 11.6. The summed E-state index contributed by atoms with van der Waals surface area (Å²) in [6.45, 7) is 4.88. The molecule has 0 spiro atoms. The number of amides is 1. The van der Waals surface area contributed by atoms with Gasteiger partial charge in [-0.25, -0.2) is 4.79 Å². The van der Waals surface area contributed by atoms with Gasteiger partial charge < -0.3 is 15.4 Å². The minimum Gasteiger partial charge on any atom is -0.394 e. The van der Waals surface area contributed by atoms with Gasteiger partial charge in [-0.15, -0.1) is 11.8 Å². The molecule has 1 amide bonds. The van der Waals surface area contributed by atoms with Gasteiger partial charge in [0.05, 0.1) is 17.7 Å². The summed E-state index contributed by atoms with van der Waals surface area (Å²) < 4.78 is 0. The van der Waals surface area contributed by atoms with E-state index in [1.165, 1.54) is 11.8 Å². The molecule has 0 aliphatic rings. The Kier molecular flexibility index (Phi) is 4.53. The van der Waals surface area contributed by atoms with Crippen molar-refractivity contribution in [2.75, 3.05) is 12.9 Å². The quantitative estimate of drug-likeness (QED) is 0.541. The highest BCUT2D eigenvalue weighted by Gasteiger charge is 2.24. The minimum atomic E-state index is -0.727. The lowest BCUT2D eigenvalue weighted by atomic mass is 10.1. The number of hydrogen-bond acceptors (Lipinski definition) is 5. The summed E-state index contributed by atoms with van der Waals surface area (Å²) in [5.41, 5.74) is -0.404. The second-order valence-electron chi connectivity index (χ2n) is 4.55. The van der Waals surface area contributed by atoms with Crippen LogP contribution in [-0.2, 0) is 0 Å². The first kappa shape index (κ1) is 14.7. The third kappa shape index (κ3) is 3.33. The number of aromatic amines is 1. The van der Waals surface area contributed by atoms with Crippen molar-refractivity contribution < 1.29 is 9.90 Å². The first-order chi connectivity index (χ1) is 8.30. The van der Waals surface area contributed by atoms with E-state index >= 15 is 0 Å². The molecule has 0 atom stereocenters. The number of thioether (sulfide) groups is 1. The Morgan fingerprint density at radius 3 is 2.67 bits per heavy atom. The molecule has 0 unspecified atom stereocenters. The summed E-state index contributed by atoms with van der Waals surface area (Å²) >= 11 is 1.23. The number of aliphatic hydroxyl groups excluding tert-OH is 1. The summed E-state index contributed by atoms with van der Waals surface area (Å²) in [5.74, 6) is -0.361. The van der Waals surface area contributed by atoms with Gasteiger partial charge >= 0.3 is 5.69 Å². The SMILES string of the molecule is CSc1nc(=O)[nH]c(C)c1C(=O)NC(C)(C)CO. The van der Waals surface area contributed by atoms with Crippen LogP contribution < -0.4 is 11.0 Å². The van der Waals surface area contributed by atoms with Crippen molar-refractivity contribution in [1.82, 2.24) is 15.3 Å². The van der Waals surface area contributed by atoms with Crippen molar-refractivity contribution >= 4 is 17.7 Å².